The lowest BCUT2D eigenvalue weighted by Crippen LogP contribution is -2.46. The summed E-state index contributed by atoms with van der Waals surface area (Å²) in [5.41, 5.74) is 8.05. The van der Waals surface area contributed by atoms with Crippen LogP contribution in [0.5, 0.6) is 0 Å². The molecule has 33 heavy (non-hydrogen) atoms. The van der Waals surface area contributed by atoms with E-state index in [0.717, 1.165) is 30.6 Å². The van der Waals surface area contributed by atoms with Gasteiger partial charge >= 0.3 is 0 Å². The van der Waals surface area contributed by atoms with Gasteiger partial charge in [-0.1, -0.05) is 69.5 Å². The Morgan fingerprint density at radius 3 is 2.24 bits per heavy atom. The number of aryl methyl sites for hydroxylation is 1. The number of nitrogens with one attached hydrogen (secondary N) is 2. The van der Waals surface area contributed by atoms with Gasteiger partial charge in [0.15, 0.2) is 0 Å². The molecule has 0 saturated carbocycles. The first-order valence-corrected chi connectivity index (χ1v) is 11.4. The van der Waals surface area contributed by atoms with Gasteiger partial charge in [0, 0.05) is 6.20 Å². The molecule has 0 aliphatic heterocycles. The molecule has 1 aromatic heterocycles. The monoisotopic (exact) mass is 452 g/mol. The molecule has 0 aliphatic rings. The fourth-order valence-electron chi connectivity index (χ4n) is 2.93. The summed E-state index contributed by atoms with van der Waals surface area (Å²) in [4.78, 5) is 40.3. The predicted octanol–water partition coefficient (Wildman–Crippen LogP) is 3.52. The van der Waals surface area contributed by atoms with Crippen molar-refractivity contribution in [3.05, 3.63) is 65.0 Å². The molecule has 2 amide bonds. The largest absolute Gasteiger partial charge is 0.363 e. The summed E-state index contributed by atoms with van der Waals surface area (Å²) in [6, 6.07) is 10.3. The minimum atomic E-state index is -1.05. The molecule has 1 aromatic carbocycles. The number of pyridine rings is 1. The van der Waals surface area contributed by atoms with E-state index in [0.29, 0.717) is 24.1 Å². The fourth-order valence-corrected chi connectivity index (χ4v) is 2.93. The van der Waals surface area contributed by atoms with E-state index in [4.69, 9.17) is 5.73 Å². The molecule has 2 rings (SSSR count). The van der Waals surface area contributed by atoms with E-state index < -0.39 is 23.6 Å². The Kier molecular flexibility index (Phi) is 13.0. The van der Waals surface area contributed by atoms with E-state index in [1.54, 1.807) is 24.4 Å². The van der Waals surface area contributed by atoms with Crippen molar-refractivity contribution in [3.63, 3.8) is 0 Å². The molecule has 178 valence electrons. The number of primary amides is 1. The van der Waals surface area contributed by atoms with Crippen molar-refractivity contribution in [1.82, 2.24) is 15.6 Å². The molecule has 0 radical (unpaired) electrons. The highest BCUT2D eigenvalue weighted by Crippen LogP contribution is 2.13. The van der Waals surface area contributed by atoms with Crippen molar-refractivity contribution >= 4 is 29.7 Å². The molecule has 4 N–H and O–H groups in total. The maximum atomic E-state index is 12.7. The molecule has 1 heterocycles. The van der Waals surface area contributed by atoms with Gasteiger partial charge in [0.25, 0.3) is 11.8 Å². The molecule has 1 unspecified atom stereocenters. The Morgan fingerprint density at radius 2 is 1.70 bits per heavy atom. The average molecular weight is 453 g/mol. The van der Waals surface area contributed by atoms with Crippen molar-refractivity contribution in [2.24, 2.45) is 5.73 Å². The van der Waals surface area contributed by atoms with Crippen molar-refractivity contribution in [2.75, 3.05) is 13.1 Å². The van der Waals surface area contributed by atoms with Gasteiger partial charge in [0.05, 0.1) is 17.3 Å². The number of nitrogens with zero attached hydrogens (tertiary/aromatic N) is 1. The second kappa shape index (κ2) is 15.5. The summed E-state index contributed by atoms with van der Waals surface area (Å²) in [5.74, 6) is -2.30. The lowest BCUT2D eigenvalue weighted by Gasteiger charge is -2.16. The van der Waals surface area contributed by atoms with Gasteiger partial charge in [0.2, 0.25) is 5.78 Å². The molecular formula is C26H36N4O3. The number of benzene rings is 1. The maximum Gasteiger partial charge on any atom is 0.287 e. The van der Waals surface area contributed by atoms with Gasteiger partial charge in [0.1, 0.15) is 0 Å². The minimum Gasteiger partial charge on any atom is -0.363 e. The molecule has 7 heteroatoms. The summed E-state index contributed by atoms with van der Waals surface area (Å²) in [6.45, 7) is 10.4. The third-order valence-electron chi connectivity index (χ3n) is 4.81. The topological polar surface area (TPSA) is 114 Å². The first kappa shape index (κ1) is 27.7. The normalized spacial score (nSPS) is 11.4. The second-order valence-corrected chi connectivity index (χ2v) is 7.53. The number of carbonyl (C=O) groups excluding carboxylic acids is 3. The van der Waals surface area contributed by atoms with Crippen LogP contribution >= 0.6 is 0 Å². The van der Waals surface area contributed by atoms with Gasteiger partial charge in [-0.2, -0.15) is 0 Å². The molecule has 0 fully saturated rings. The van der Waals surface area contributed by atoms with Crippen LogP contribution in [0.3, 0.4) is 0 Å². The van der Waals surface area contributed by atoms with Crippen LogP contribution in [0, 0.1) is 6.92 Å². The average Bonchev–Trinajstić information content (AvgIpc) is 2.82. The third-order valence-corrected chi connectivity index (χ3v) is 4.81. The highest BCUT2D eigenvalue weighted by molar-refractivity contribution is 6.38. The highest BCUT2D eigenvalue weighted by atomic mass is 16.2. The number of Topliss-reactive ketones (excluding diaryl/α,β-unsaturated/α-hetero) is 1. The molecule has 2 aromatic rings. The molecular weight excluding hydrogens is 416 g/mol. The predicted molar refractivity (Wildman–Crippen MR) is 134 cm³/mol. The number of rotatable bonds is 11. The summed E-state index contributed by atoms with van der Waals surface area (Å²) >= 11 is 0. The van der Waals surface area contributed by atoms with Crippen LogP contribution in [-0.2, 0) is 9.59 Å². The van der Waals surface area contributed by atoms with Crippen molar-refractivity contribution < 1.29 is 14.4 Å². The standard InChI is InChI=1S/C22H25N3O3.C4H11N/c1-3-4-7-19(20(26)21(23)27)25-22(28)17-6-5-14-24-18(17)13-12-16-10-8-15(2)9-11-16;1-3-5-4-2/h5-6,8-14,19H,3-4,7H2,1-2H3,(H2,23,27)(H,25,28);5H,3-4H2,1-2H3. The Bertz CT molecular complexity index is 921. The van der Waals surface area contributed by atoms with Crippen LogP contribution in [0.4, 0.5) is 0 Å². The first-order valence-electron chi connectivity index (χ1n) is 11.4. The second-order valence-electron chi connectivity index (χ2n) is 7.53. The summed E-state index contributed by atoms with van der Waals surface area (Å²) in [7, 11) is 0. The smallest absolute Gasteiger partial charge is 0.287 e. The van der Waals surface area contributed by atoms with Gasteiger partial charge in [-0.3, -0.25) is 19.4 Å². The van der Waals surface area contributed by atoms with E-state index in [1.807, 2.05) is 44.2 Å². The molecule has 7 nitrogen and oxygen atoms in total. The number of ketones is 1. The Labute approximate surface area is 196 Å². The lowest BCUT2D eigenvalue weighted by molar-refractivity contribution is -0.137. The van der Waals surface area contributed by atoms with E-state index in [9.17, 15) is 14.4 Å². The molecule has 0 aliphatic carbocycles. The van der Waals surface area contributed by atoms with Crippen LogP contribution in [-0.4, -0.2) is 41.7 Å². The summed E-state index contributed by atoms with van der Waals surface area (Å²) in [6.07, 6.45) is 7.08. The SMILES string of the molecule is CCCCC(NC(=O)c1cccnc1C=Cc1ccc(C)cc1)C(=O)C(N)=O.CCNCC. The van der Waals surface area contributed by atoms with Gasteiger partial charge < -0.3 is 16.4 Å². The highest BCUT2D eigenvalue weighted by Gasteiger charge is 2.25. The third kappa shape index (κ3) is 10.2. The van der Waals surface area contributed by atoms with Crippen LogP contribution in [0.15, 0.2) is 42.6 Å². The summed E-state index contributed by atoms with van der Waals surface area (Å²) < 4.78 is 0. The van der Waals surface area contributed by atoms with Gasteiger partial charge in [-0.25, -0.2) is 0 Å². The number of hydrogen-bond acceptors (Lipinski definition) is 5. The Morgan fingerprint density at radius 1 is 1.03 bits per heavy atom. The zero-order valence-corrected chi connectivity index (χ0v) is 20.1. The van der Waals surface area contributed by atoms with Crippen LogP contribution in [0.25, 0.3) is 12.2 Å². The van der Waals surface area contributed by atoms with Crippen LogP contribution in [0.2, 0.25) is 0 Å². The van der Waals surface area contributed by atoms with E-state index in [2.05, 4.69) is 29.5 Å². The maximum absolute atomic E-state index is 12.7. The van der Waals surface area contributed by atoms with Gasteiger partial charge in [-0.05, 0) is 50.2 Å². The molecule has 1 atom stereocenters. The number of nitrogens with two attached hydrogens (primary N) is 1. The van der Waals surface area contributed by atoms with E-state index >= 15 is 0 Å². The Hall–Kier alpha value is -3.32. The zero-order valence-electron chi connectivity index (χ0n) is 20.1. The van der Waals surface area contributed by atoms with Crippen LogP contribution in [0.1, 0.15) is 67.2 Å². The molecule has 0 saturated heterocycles. The quantitative estimate of drug-likeness (QED) is 0.451. The zero-order chi connectivity index (χ0) is 24.6. The van der Waals surface area contributed by atoms with E-state index in [-0.39, 0.29) is 0 Å². The van der Waals surface area contributed by atoms with Crippen molar-refractivity contribution in [1.29, 1.82) is 0 Å². The molecule has 0 spiro atoms. The number of carbonyl (C=O) groups is 3. The first-order chi connectivity index (χ1) is 15.8. The minimum absolute atomic E-state index is 0.324. The van der Waals surface area contributed by atoms with Gasteiger partial charge in [-0.15, -0.1) is 0 Å². The van der Waals surface area contributed by atoms with E-state index in [1.165, 1.54) is 0 Å². The lowest BCUT2D eigenvalue weighted by atomic mass is 10.0. The number of aromatic nitrogens is 1. The Balaban J connectivity index is 0.000000981. The van der Waals surface area contributed by atoms with Crippen LogP contribution < -0.4 is 16.4 Å². The van der Waals surface area contributed by atoms with Crippen molar-refractivity contribution in [2.45, 2.75) is 53.0 Å². The summed E-state index contributed by atoms with van der Waals surface area (Å²) in [5, 5.41) is 5.74. The molecule has 0 bridgehead atoms. The van der Waals surface area contributed by atoms with Crippen molar-refractivity contribution in [3.8, 4) is 0 Å². The number of amides is 2. The fraction of sp³-hybridized carbons (Fsp3) is 0.385. The number of unbranched alkanes of at least 4 members (excludes halogenated alkanes) is 1. The number of hydrogen-bond donors (Lipinski definition) is 3.